The van der Waals surface area contributed by atoms with E-state index in [0.29, 0.717) is 6.04 Å². The molecule has 1 fully saturated rings. The van der Waals surface area contributed by atoms with Crippen molar-refractivity contribution in [2.45, 2.75) is 25.4 Å². The zero-order valence-electron chi connectivity index (χ0n) is 8.08. The van der Waals surface area contributed by atoms with E-state index < -0.39 is 0 Å². The number of rotatable bonds is 2. The number of halogens is 1. The van der Waals surface area contributed by atoms with E-state index in [1.54, 1.807) is 0 Å². The second-order valence-electron chi connectivity index (χ2n) is 3.87. The molecule has 0 amide bonds. The van der Waals surface area contributed by atoms with Crippen LogP contribution in [0.2, 0.25) is 0 Å². The van der Waals surface area contributed by atoms with E-state index in [-0.39, 0.29) is 0 Å². The Labute approximate surface area is 97.2 Å². The van der Waals surface area contributed by atoms with Gasteiger partial charge in [0.05, 0.1) is 0 Å². The summed E-state index contributed by atoms with van der Waals surface area (Å²) in [6.07, 6.45) is 2.43. The molecular weight excluding hydrogens is 260 g/mol. The van der Waals surface area contributed by atoms with Crippen molar-refractivity contribution >= 4 is 27.3 Å². The second kappa shape index (κ2) is 4.75. The van der Waals surface area contributed by atoms with Gasteiger partial charge in [0, 0.05) is 33.9 Å². The van der Waals surface area contributed by atoms with Gasteiger partial charge in [0.2, 0.25) is 0 Å². The molecule has 4 heteroatoms. The molecule has 2 rings (SSSR count). The standard InChI is InChI=1S/C10H15BrN2S/c11-8-4-10(14-7-8)6-13-3-1-2-9(12)5-13/h4,7,9H,1-3,5-6,12H2/t9-/m0/s1. The quantitative estimate of drug-likeness (QED) is 0.898. The minimum atomic E-state index is 0.382. The first-order valence-corrected chi connectivity index (χ1v) is 6.62. The average Bonchev–Trinajstić information content (AvgIpc) is 2.51. The van der Waals surface area contributed by atoms with Crippen molar-refractivity contribution in [3.8, 4) is 0 Å². The van der Waals surface area contributed by atoms with Crippen molar-refractivity contribution in [3.05, 3.63) is 20.8 Å². The Morgan fingerprint density at radius 2 is 2.50 bits per heavy atom. The van der Waals surface area contributed by atoms with Crippen molar-refractivity contribution in [1.82, 2.24) is 4.90 Å². The summed E-state index contributed by atoms with van der Waals surface area (Å²) in [5.74, 6) is 0. The van der Waals surface area contributed by atoms with E-state index in [2.05, 4.69) is 32.3 Å². The maximum absolute atomic E-state index is 5.94. The number of hydrogen-bond acceptors (Lipinski definition) is 3. The zero-order chi connectivity index (χ0) is 9.97. The van der Waals surface area contributed by atoms with Gasteiger partial charge in [-0.05, 0) is 41.4 Å². The fraction of sp³-hybridized carbons (Fsp3) is 0.600. The lowest BCUT2D eigenvalue weighted by Crippen LogP contribution is -2.42. The van der Waals surface area contributed by atoms with Crippen LogP contribution >= 0.6 is 27.3 Å². The highest BCUT2D eigenvalue weighted by molar-refractivity contribution is 9.10. The van der Waals surface area contributed by atoms with Crippen LogP contribution < -0.4 is 5.73 Å². The molecule has 2 nitrogen and oxygen atoms in total. The van der Waals surface area contributed by atoms with E-state index in [4.69, 9.17) is 5.73 Å². The number of likely N-dealkylation sites (tertiary alicyclic amines) is 1. The van der Waals surface area contributed by atoms with Crippen LogP contribution in [0.15, 0.2) is 15.9 Å². The molecule has 0 radical (unpaired) electrons. The Balaban J connectivity index is 1.90. The number of thiophene rings is 1. The van der Waals surface area contributed by atoms with Gasteiger partial charge in [-0.1, -0.05) is 0 Å². The van der Waals surface area contributed by atoms with Crippen molar-refractivity contribution in [1.29, 1.82) is 0 Å². The molecule has 1 aromatic rings. The van der Waals surface area contributed by atoms with E-state index in [0.717, 1.165) is 13.1 Å². The summed E-state index contributed by atoms with van der Waals surface area (Å²) in [5.41, 5.74) is 5.94. The van der Waals surface area contributed by atoms with E-state index in [1.165, 1.54) is 28.7 Å². The highest BCUT2D eigenvalue weighted by atomic mass is 79.9. The lowest BCUT2D eigenvalue weighted by Gasteiger charge is -2.30. The molecule has 78 valence electrons. The maximum atomic E-state index is 5.94. The predicted octanol–water partition coefficient (Wildman–Crippen LogP) is 2.43. The molecule has 0 aliphatic carbocycles. The smallest absolute Gasteiger partial charge is 0.0328 e. The Morgan fingerprint density at radius 1 is 1.64 bits per heavy atom. The Morgan fingerprint density at radius 3 is 3.14 bits per heavy atom. The summed E-state index contributed by atoms with van der Waals surface area (Å²) in [6.45, 7) is 3.31. The Hall–Kier alpha value is 0.1000. The third kappa shape index (κ3) is 2.79. The van der Waals surface area contributed by atoms with Gasteiger partial charge >= 0.3 is 0 Å². The second-order valence-corrected chi connectivity index (χ2v) is 5.78. The molecule has 0 spiro atoms. The molecule has 14 heavy (non-hydrogen) atoms. The van der Waals surface area contributed by atoms with Gasteiger partial charge in [-0.2, -0.15) is 0 Å². The van der Waals surface area contributed by atoms with Crippen molar-refractivity contribution in [2.75, 3.05) is 13.1 Å². The van der Waals surface area contributed by atoms with Gasteiger partial charge < -0.3 is 5.73 Å². The molecule has 1 aliphatic heterocycles. The van der Waals surface area contributed by atoms with Crippen LogP contribution in [0.3, 0.4) is 0 Å². The maximum Gasteiger partial charge on any atom is 0.0328 e. The molecule has 0 aromatic carbocycles. The fourth-order valence-corrected chi connectivity index (χ4v) is 3.38. The Kier molecular flexibility index (Phi) is 3.60. The van der Waals surface area contributed by atoms with Gasteiger partial charge in [-0.15, -0.1) is 11.3 Å². The van der Waals surface area contributed by atoms with Crippen LogP contribution in [0.5, 0.6) is 0 Å². The minimum Gasteiger partial charge on any atom is -0.327 e. The summed E-state index contributed by atoms with van der Waals surface area (Å²) in [4.78, 5) is 3.87. The SMILES string of the molecule is N[C@H]1CCCN(Cc2cc(Br)cs2)C1. The van der Waals surface area contributed by atoms with Gasteiger partial charge in [0.25, 0.3) is 0 Å². The molecular formula is C10H15BrN2S. The Bertz CT molecular complexity index is 300. The monoisotopic (exact) mass is 274 g/mol. The van der Waals surface area contributed by atoms with Crippen LogP contribution in [0.1, 0.15) is 17.7 Å². The summed E-state index contributed by atoms with van der Waals surface area (Å²) in [6, 6.07) is 2.58. The van der Waals surface area contributed by atoms with Crippen molar-refractivity contribution < 1.29 is 0 Å². The lowest BCUT2D eigenvalue weighted by molar-refractivity contribution is 0.203. The van der Waals surface area contributed by atoms with Gasteiger partial charge in [-0.3, -0.25) is 4.90 Å². The van der Waals surface area contributed by atoms with E-state index in [1.807, 2.05) is 11.3 Å². The summed E-state index contributed by atoms with van der Waals surface area (Å²) < 4.78 is 1.19. The fourth-order valence-electron chi connectivity index (χ4n) is 1.89. The summed E-state index contributed by atoms with van der Waals surface area (Å²) in [7, 11) is 0. The number of hydrogen-bond donors (Lipinski definition) is 1. The van der Waals surface area contributed by atoms with Gasteiger partial charge in [0.15, 0.2) is 0 Å². The number of piperidine rings is 1. The largest absolute Gasteiger partial charge is 0.327 e. The molecule has 1 aromatic heterocycles. The minimum absolute atomic E-state index is 0.382. The number of nitrogens with two attached hydrogens (primary N) is 1. The van der Waals surface area contributed by atoms with Crippen LogP contribution in [-0.4, -0.2) is 24.0 Å². The number of nitrogens with zero attached hydrogens (tertiary/aromatic N) is 1. The zero-order valence-corrected chi connectivity index (χ0v) is 10.5. The molecule has 1 atom stereocenters. The molecule has 1 saturated heterocycles. The first-order valence-electron chi connectivity index (χ1n) is 4.95. The van der Waals surface area contributed by atoms with Crippen molar-refractivity contribution in [2.24, 2.45) is 5.73 Å². The first-order chi connectivity index (χ1) is 6.74. The van der Waals surface area contributed by atoms with Crippen LogP contribution in [0.4, 0.5) is 0 Å². The molecule has 0 unspecified atom stereocenters. The molecule has 0 saturated carbocycles. The van der Waals surface area contributed by atoms with Gasteiger partial charge in [-0.25, -0.2) is 0 Å². The molecule has 2 N–H and O–H groups in total. The van der Waals surface area contributed by atoms with E-state index in [9.17, 15) is 0 Å². The predicted molar refractivity (Wildman–Crippen MR) is 64.5 cm³/mol. The molecule has 2 heterocycles. The first kappa shape index (κ1) is 10.6. The van der Waals surface area contributed by atoms with Crippen LogP contribution in [0.25, 0.3) is 0 Å². The highest BCUT2D eigenvalue weighted by Gasteiger charge is 2.16. The topological polar surface area (TPSA) is 29.3 Å². The average molecular weight is 275 g/mol. The van der Waals surface area contributed by atoms with Gasteiger partial charge in [0.1, 0.15) is 0 Å². The highest BCUT2D eigenvalue weighted by Crippen LogP contribution is 2.22. The van der Waals surface area contributed by atoms with Crippen LogP contribution in [-0.2, 0) is 6.54 Å². The molecule has 1 aliphatic rings. The third-order valence-electron chi connectivity index (χ3n) is 2.54. The summed E-state index contributed by atoms with van der Waals surface area (Å²) >= 11 is 5.29. The third-order valence-corrected chi connectivity index (χ3v) is 4.23. The normalized spacial score (nSPS) is 24.0. The summed E-state index contributed by atoms with van der Waals surface area (Å²) in [5, 5.41) is 2.14. The van der Waals surface area contributed by atoms with E-state index >= 15 is 0 Å². The van der Waals surface area contributed by atoms with Crippen LogP contribution in [0, 0.1) is 0 Å². The van der Waals surface area contributed by atoms with Crippen molar-refractivity contribution in [3.63, 3.8) is 0 Å². The molecule has 0 bridgehead atoms. The lowest BCUT2D eigenvalue weighted by atomic mass is 10.1.